The third-order valence-electron chi connectivity index (χ3n) is 5.32. The molecule has 2 aromatic rings. The topological polar surface area (TPSA) is 136 Å². The van der Waals surface area contributed by atoms with Crippen molar-refractivity contribution < 1.29 is 18.8 Å². The lowest BCUT2D eigenvalue weighted by atomic mass is 9.94. The van der Waals surface area contributed by atoms with Crippen LogP contribution in [0.5, 0.6) is 6.01 Å². The van der Waals surface area contributed by atoms with Gasteiger partial charge in [-0.2, -0.15) is 4.98 Å². The molecule has 1 saturated carbocycles. The van der Waals surface area contributed by atoms with Gasteiger partial charge >= 0.3 is 17.7 Å². The van der Waals surface area contributed by atoms with E-state index in [4.69, 9.17) is 14.0 Å². The van der Waals surface area contributed by atoms with E-state index >= 15 is 0 Å². The Morgan fingerprint density at radius 2 is 2.09 bits per heavy atom. The largest absolute Gasteiger partial charge is 0.450 e. The zero-order valence-corrected chi connectivity index (χ0v) is 18.7. The molecule has 10 heteroatoms. The van der Waals surface area contributed by atoms with Crippen LogP contribution in [-0.4, -0.2) is 34.4 Å². The van der Waals surface area contributed by atoms with Crippen molar-refractivity contribution in [1.29, 1.82) is 0 Å². The van der Waals surface area contributed by atoms with Crippen molar-refractivity contribution >= 4 is 22.9 Å². The van der Waals surface area contributed by atoms with Crippen LogP contribution in [0.2, 0.25) is 0 Å². The first kappa shape index (κ1) is 23.5. The maximum Gasteiger partial charge on any atom is 0.407 e. The summed E-state index contributed by atoms with van der Waals surface area (Å²) in [5, 5.41) is 7.16. The summed E-state index contributed by atoms with van der Waals surface area (Å²) in [6.45, 7) is 6.34. The van der Waals surface area contributed by atoms with Crippen molar-refractivity contribution in [3.63, 3.8) is 0 Å². The van der Waals surface area contributed by atoms with Crippen LogP contribution < -0.4 is 21.3 Å². The second-order valence-electron chi connectivity index (χ2n) is 8.32. The zero-order valence-electron chi connectivity index (χ0n) is 18.7. The van der Waals surface area contributed by atoms with Crippen molar-refractivity contribution in [1.82, 2.24) is 15.3 Å². The van der Waals surface area contributed by atoms with Crippen molar-refractivity contribution in [3.05, 3.63) is 32.4 Å². The number of hydrogen-bond donors (Lipinski definition) is 2. The van der Waals surface area contributed by atoms with E-state index in [9.17, 15) is 14.4 Å². The summed E-state index contributed by atoms with van der Waals surface area (Å²) in [7, 11) is 0. The number of ether oxygens (including phenoxy) is 1. The molecule has 1 amide bonds. The van der Waals surface area contributed by atoms with E-state index in [1.807, 2.05) is 0 Å². The predicted molar refractivity (Wildman–Crippen MR) is 119 cm³/mol. The Balaban J connectivity index is 1.68. The summed E-state index contributed by atoms with van der Waals surface area (Å²) >= 11 is 0. The SMILES string of the molecule is CCOC(=O)NC1CCC(=NOc2nc3oc(=O)cc(CCCC(C)C)c3c(=O)[nH]2)CC1. The van der Waals surface area contributed by atoms with Gasteiger partial charge in [0.15, 0.2) is 0 Å². The molecule has 1 aliphatic rings. The highest BCUT2D eigenvalue weighted by Crippen LogP contribution is 2.19. The van der Waals surface area contributed by atoms with Crippen molar-refractivity contribution in [2.24, 2.45) is 11.1 Å². The van der Waals surface area contributed by atoms with Crippen molar-refractivity contribution in [3.8, 4) is 6.01 Å². The minimum Gasteiger partial charge on any atom is -0.450 e. The molecule has 2 N–H and O–H groups in total. The zero-order chi connectivity index (χ0) is 23.1. The number of nitrogens with zero attached hydrogens (tertiary/aromatic N) is 2. The number of aryl methyl sites for hydroxylation is 1. The average Bonchev–Trinajstić information content (AvgIpc) is 2.72. The van der Waals surface area contributed by atoms with Crippen LogP contribution in [0.4, 0.5) is 4.79 Å². The number of oxime groups is 1. The van der Waals surface area contributed by atoms with E-state index in [0.717, 1.165) is 18.6 Å². The maximum absolute atomic E-state index is 12.6. The van der Waals surface area contributed by atoms with Gasteiger partial charge in [0.25, 0.3) is 5.56 Å². The van der Waals surface area contributed by atoms with Gasteiger partial charge in [-0.1, -0.05) is 25.4 Å². The second-order valence-corrected chi connectivity index (χ2v) is 8.32. The van der Waals surface area contributed by atoms with E-state index in [1.165, 1.54) is 6.07 Å². The van der Waals surface area contributed by atoms with Crippen LogP contribution in [0, 0.1) is 5.92 Å². The molecule has 2 heterocycles. The monoisotopic (exact) mass is 446 g/mol. The molecule has 2 aromatic heterocycles. The predicted octanol–water partition coefficient (Wildman–Crippen LogP) is 3.28. The molecular weight excluding hydrogens is 416 g/mol. The molecule has 0 spiro atoms. The number of H-pyrrole nitrogens is 1. The van der Waals surface area contributed by atoms with E-state index < -0.39 is 17.3 Å². The molecule has 1 aliphatic carbocycles. The van der Waals surface area contributed by atoms with Crippen LogP contribution in [0.15, 0.2) is 25.2 Å². The first-order valence-corrected chi connectivity index (χ1v) is 11.1. The van der Waals surface area contributed by atoms with Crippen LogP contribution in [0.3, 0.4) is 0 Å². The first-order valence-electron chi connectivity index (χ1n) is 11.1. The molecule has 0 bridgehead atoms. The van der Waals surface area contributed by atoms with Gasteiger partial charge in [-0.15, -0.1) is 0 Å². The minimum absolute atomic E-state index is 0.0231. The number of rotatable bonds is 8. The summed E-state index contributed by atoms with van der Waals surface area (Å²) in [6.07, 6.45) is 4.68. The molecule has 0 radical (unpaired) electrons. The lowest BCUT2D eigenvalue weighted by Gasteiger charge is -2.23. The molecular formula is C22H30N4O6. The smallest absolute Gasteiger partial charge is 0.407 e. The van der Waals surface area contributed by atoms with E-state index in [2.05, 4.69) is 34.3 Å². The van der Waals surface area contributed by atoms with Gasteiger partial charge in [0, 0.05) is 12.1 Å². The van der Waals surface area contributed by atoms with Gasteiger partial charge in [0.05, 0.1) is 12.3 Å². The molecule has 0 unspecified atom stereocenters. The Morgan fingerprint density at radius 1 is 1.34 bits per heavy atom. The number of alkyl carbamates (subject to hydrolysis) is 1. The fraction of sp³-hybridized carbons (Fsp3) is 0.591. The molecule has 174 valence electrons. The van der Waals surface area contributed by atoms with Gasteiger partial charge in [0.2, 0.25) is 5.71 Å². The van der Waals surface area contributed by atoms with Gasteiger partial charge < -0.3 is 19.3 Å². The van der Waals surface area contributed by atoms with Gasteiger partial charge in [0.1, 0.15) is 5.39 Å². The number of amides is 1. The Kier molecular flexibility index (Phi) is 8.02. The number of aromatic amines is 1. The van der Waals surface area contributed by atoms with E-state index in [0.29, 0.717) is 50.2 Å². The molecule has 1 fully saturated rings. The van der Waals surface area contributed by atoms with E-state index in [1.54, 1.807) is 6.92 Å². The van der Waals surface area contributed by atoms with E-state index in [-0.39, 0.29) is 23.2 Å². The summed E-state index contributed by atoms with van der Waals surface area (Å²) in [5.41, 5.74) is 0.364. The Labute approximate surface area is 185 Å². The fourth-order valence-electron chi connectivity index (χ4n) is 3.70. The number of hydrogen-bond acceptors (Lipinski definition) is 8. The highest BCUT2D eigenvalue weighted by Gasteiger charge is 2.20. The Hall–Kier alpha value is -3.17. The Bertz CT molecular complexity index is 1080. The number of nitrogens with one attached hydrogen (secondary N) is 2. The highest BCUT2D eigenvalue weighted by atomic mass is 16.6. The fourth-order valence-corrected chi connectivity index (χ4v) is 3.70. The maximum atomic E-state index is 12.6. The quantitative estimate of drug-likeness (QED) is 0.594. The van der Waals surface area contributed by atoms with Crippen LogP contribution in [0.1, 0.15) is 64.9 Å². The number of aromatic nitrogens is 2. The molecule has 32 heavy (non-hydrogen) atoms. The molecule has 10 nitrogen and oxygen atoms in total. The molecule has 0 aliphatic heterocycles. The summed E-state index contributed by atoms with van der Waals surface area (Å²) in [4.78, 5) is 48.1. The van der Waals surface area contributed by atoms with Crippen molar-refractivity contribution in [2.45, 2.75) is 71.8 Å². The van der Waals surface area contributed by atoms with Crippen molar-refractivity contribution in [2.75, 3.05) is 6.61 Å². The molecule has 0 atom stereocenters. The summed E-state index contributed by atoms with van der Waals surface area (Å²) < 4.78 is 10.0. The van der Waals surface area contributed by atoms with Gasteiger partial charge in [-0.3, -0.25) is 9.78 Å². The third kappa shape index (κ3) is 6.41. The second kappa shape index (κ2) is 10.9. The molecule has 0 saturated heterocycles. The molecule has 0 aromatic carbocycles. The summed E-state index contributed by atoms with van der Waals surface area (Å²) in [5.74, 6) is 0.535. The highest BCUT2D eigenvalue weighted by molar-refractivity contribution is 5.85. The van der Waals surface area contributed by atoms with Crippen LogP contribution in [-0.2, 0) is 11.2 Å². The number of carbonyl (C=O) groups excluding carboxylic acids is 1. The lowest BCUT2D eigenvalue weighted by Crippen LogP contribution is -2.38. The summed E-state index contributed by atoms with van der Waals surface area (Å²) in [6, 6.07) is 1.24. The minimum atomic E-state index is -0.556. The van der Waals surface area contributed by atoms with Gasteiger partial charge in [-0.05, 0) is 56.9 Å². The molecule has 3 rings (SSSR count). The van der Waals surface area contributed by atoms with Crippen LogP contribution >= 0.6 is 0 Å². The van der Waals surface area contributed by atoms with Gasteiger partial charge in [-0.25, -0.2) is 9.59 Å². The van der Waals surface area contributed by atoms with Crippen LogP contribution in [0.25, 0.3) is 11.1 Å². The Morgan fingerprint density at radius 3 is 2.78 bits per heavy atom. The number of fused-ring (bicyclic) bond motifs is 1. The first-order chi connectivity index (χ1) is 15.4. The normalized spacial score (nSPS) is 16.2. The average molecular weight is 447 g/mol. The third-order valence-corrected chi connectivity index (χ3v) is 5.32. The standard InChI is InChI=1S/C22H30N4O6/c1-4-30-22(29)23-15-8-10-16(11-9-15)26-32-21-24-19(28)18-14(7-5-6-13(2)3)12-17(27)31-20(18)25-21/h12-13,15H,4-11H2,1-3H3,(H,23,29)(H,24,25,28). The number of carbonyl (C=O) groups is 1. The lowest BCUT2D eigenvalue weighted by molar-refractivity contribution is 0.146.